The first-order valence-corrected chi connectivity index (χ1v) is 19.2. The number of benzene rings is 1. The van der Waals surface area contributed by atoms with Crippen molar-refractivity contribution in [1.82, 2.24) is 29.7 Å². The third kappa shape index (κ3) is 9.75. The summed E-state index contributed by atoms with van der Waals surface area (Å²) >= 11 is 0. The molecular formula is C40H54FN7O6. The summed E-state index contributed by atoms with van der Waals surface area (Å²) in [5.41, 5.74) is 1.82. The average Bonchev–Trinajstić information content (AvgIpc) is 3.15. The molecule has 0 bridgehead atoms. The lowest BCUT2D eigenvalue weighted by atomic mass is 10.0. The van der Waals surface area contributed by atoms with Crippen molar-refractivity contribution >= 4 is 17.8 Å². The van der Waals surface area contributed by atoms with Crippen LogP contribution >= 0.6 is 0 Å². The number of morpholine rings is 1. The van der Waals surface area contributed by atoms with Gasteiger partial charge in [0.25, 0.3) is 5.91 Å². The molecule has 0 radical (unpaired) electrons. The van der Waals surface area contributed by atoms with E-state index in [0.717, 1.165) is 62.3 Å². The van der Waals surface area contributed by atoms with Gasteiger partial charge in [0.1, 0.15) is 35.3 Å². The summed E-state index contributed by atoms with van der Waals surface area (Å²) in [6, 6.07) is 5.89. The first-order chi connectivity index (χ1) is 25.9. The number of anilines is 1. The second-order valence-electron chi connectivity index (χ2n) is 15.4. The summed E-state index contributed by atoms with van der Waals surface area (Å²) in [6.45, 7) is 17.3. The summed E-state index contributed by atoms with van der Waals surface area (Å²) in [6.07, 6.45) is 7.74. The van der Waals surface area contributed by atoms with E-state index in [4.69, 9.17) is 18.9 Å². The average molecular weight is 748 g/mol. The Balaban J connectivity index is 1.05. The Morgan fingerprint density at radius 1 is 1.06 bits per heavy atom. The van der Waals surface area contributed by atoms with Crippen molar-refractivity contribution in [2.75, 3.05) is 57.3 Å². The molecule has 3 aliphatic rings. The predicted octanol–water partition coefficient (Wildman–Crippen LogP) is 6.11. The number of hydrogen-bond acceptors (Lipinski definition) is 11. The van der Waals surface area contributed by atoms with E-state index in [1.807, 2.05) is 53.8 Å². The fourth-order valence-corrected chi connectivity index (χ4v) is 7.24. The van der Waals surface area contributed by atoms with Crippen LogP contribution < -0.4 is 14.4 Å². The smallest absolute Gasteiger partial charge is 0.410 e. The fraction of sp³-hybridized carbons (Fsp3) is 0.575. The highest BCUT2D eigenvalue weighted by atomic mass is 19.1. The number of ether oxygens (including phenoxy) is 4. The first kappa shape index (κ1) is 39.1. The Hall–Kier alpha value is -4.56. The van der Waals surface area contributed by atoms with Gasteiger partial charge in [0.2, 0.25) is 0 Å². The number of hydrogen-bond donors (Lipinski definition) is 0. The minimum absolute atomic E-state index is 0.00110. The molecule has 1 aromatic carbocycles. The molecule has 0 N–H and O–H groups in total. The topological polar surface area (TPSA) is 123 Å². The molecule has 2 saturated heterocycles. The Kier molecular flexibility index (Phi) is 12.5. The van der Waals surface area contributed by atoms with E-state index in [1.165, 1.54) is 24.5 Å². The Morgan fingerprint density at radius 2 is 1.85 bits per heavy atom. The van der Waals surface area contributed by atoms with E-state index < -0.39 is 11.4 Å². The summed E-state index contributed by atoms with van der Waals surface area (Å²) < 4.78 is 38.9. The molecule has 54 heavy (non-hydrogen) atoms. The van der Waals surface area contributed by atoms with Gasteiger partial charge in [-0.1, -0.05) is 0 Å². The van der Waals surface area contributed by atoms with Gasteiger partial charge in [0.05, 0.1) is 31.0 Å². The van der Waals surface area contributed by atoms with Crippen molar-refractivity contribution in [1.29, 1.82) is 0 Å². The number of piperidine rings is 1. The van der Waals surface area contributed by atoms with E-state index in [2.05, 4.69) is 24.8 Å². The molecule has 0 saturated carbocycles. The lowest BCUT2D eigenvalue weighted by Gasteiger charge is -2.36. The van der Waals surface area contributed by atoms with Crippen molar-refractivity contribution in [3.05, 3.63) is 65.6 Å². The second kappa shape index (κ2) is 17.3. The van der Waals surface area contributed by atoms with Crippen LogP contribution in [0.5, 0.6) is 17.2 Å². The van der Waals surface area contributed by atoms with Gasteiger partial charge in [-0.05, 0) is 72.2 Å². The van der Waals surface area contributed by atoms with Crippen LogP contribution in [-0.4, -0.2) is 118 Å². The standard InChI is InChI=1S/C40H54FN7O6/c1-7-48(27(2)3)38(49)31-22-28(41)8-9-34(31)53-36-23-42-26-44-37(36)46-18-12-29(13-19-46)52-35-10-15-43-33-14-17-45(25-32(33)35)16-11-30-24-47(20-21-51-30)39(50)54-40(4,5)6/h8-10,15,22-23,26-27,29-30H,7,11-14,16-21,24-25H2,1-6H3/t30-/m0/s1. The zero-order chi connectivity index (χ0) is 38.4. The van der Waals surface area contributed by atoms with Gasteiger partial charge >= 0.3 is 6.09 Å². The Labute approximate surface area is 317 Å². The van der Waals surface area contributed by atoms with Crippen LogP contribution in [0.15, 0.2) is 43.0 Å². The summed E-state index contributed by atoms with van der Waals surface area (Å²) in [5, 5.41) is 0. The third-order valence-electron chi connectivity index (χ3n) is 10.0. The molecule has 3 aromatic rings. The third-order valence-corrected chi connectivity index (χ3v) is 10.0. The Bertz CT molecular complexity index is 1760. The fourth-order valence-electron chi connectivity index (χ4n) is 7.24. The van der Waals surface area contributed by atoms with Crippen LogP contribution in [0.4, 0.5) is 15.0 Å². The molecule has 6 rings (SSSR count). The van der Waals surface area contributed by atoms with Gasteiger partial charge in [-0.2, -0.15) is 0 Å². The van der Waals surface area contributed by atoms with Crippen molar-refractivity contribution in [2.24, 2.45) is 0 Å². The lowest BCUT2D eigenvalue weighted by molar-refractivity contribution is -0.0472. The van der Waals surface area contributed by atoms with Gasteiger partial charge in [0, 0.05) is 88.6 Å². The largest absolute Gasteiger partial charge is 0.490 e. The molecule has 2 fully saturated rings. The number of pyridine rings is 1. The number of fused-ring (bicyclic) bond motifs is 1. The van der Waals surface area contributed by atoms with Gasteiger partial charge in [0.15, 0.2) is 11.6 Å². The highest BCUT2D eigenvalue weighted by Crippen LogP contribution is 2.35. The highest BCUT2D eigenvalue weighted by molar-refractivity contribution is 5.97. The van der Waals surface area contributed by atoms with E-state index in [-0.39, 0.29) is 41.6 Å². The number of carbonyl (C=O) groups is 2. The minimum Gasteiger partial charge on any atom is -0.490 e. The molecular weight excluding hydrogens is 693 g/mol. The molecule has 14 heteroatoms. The van der Waals surface area contributed by atoms with Gasteiger partial charge in [-0.3, -0.25) is 14.7 Å². The van der Waals surface area contributed by atoms with Crippen LogP contribution in [0.1, 0.15) is 82.4 Å². The number of halogens is 1. The quantitative estimate of drug-likeness (QED) is 0.226. The number of carbonyl (C=O) groups excluding carboxylic acids is 2. The summed E-state index contributed by atoms with van der Waals surface area (Å²) in [7, 11) is 0. The molecule has 0 spiro atoms. The maximum absolute atomic E-state index is 14.4. The van der Waals surface area contributed by atoms with Crippen molar-refractivity contribution in [2.45, 2.75) is 97.6 Å². The second-order valence-corrected chi connectivity index (χ2v) is 15.4. The van der Waals surface area contributed by atoms with Crippen molar-refractivity contribution < 1.29 is 32.9 Å². The van der Waals surface area contributed by atoms with Gasteiger partial charge < -0.3 is 33.6 Å². The minimum atomic E-state index is -0.531. The van der Waals surface area contributed by atoms with E-state index in [1.54, 1.807) is 16.0 Å². The number of nitrogens with zero attached hydrogens (tertiary/aromatic N) is 7. The molecule has 2 aromatic heterocycles. The van der Waals surface area contributed by atoms with E-state index in [9.17, 15) is 14.0 Å². The first-order valence-electron chi connectivity index (χ1n) is 19.2. The van der Waals surface area contributed by atoms with Gasteiger partial charge in [-0.25, -0.2) is 19.2 Å². The number of rotatable bonds is 11. The van der Waals surface area contributed by atoms with Crippen LogP contribution in [0, 0.1) is 5.82 Å². The molecule has 5 heterocycles. The van der Waals surface area contributed by atoms with Crippen LogP contribution in [0.2, 0.25) is 0 Å². The van der Waals surface area contributed by atoms with Crippen molar-refractivity contribution in [3.63, 3.8) is 0 Å². The molecule has 0 unspecified atom stereocenters. The zero-order valence-corrected chi connectivity index (χ0v) is 32.4. The number of amides is 2. The maximum Gasteiger partial charge on any atom is 0.410 e. The molecule has 1 atom stereocenters. The molecule has 0 aliphatic carbocycles. The van der Waals surface area contributed by atoms with Crippen LogP contribution in [-0.2, 0) is 22.4 Å². The van der Waals surface area contributed by atoms with Crippen molar-refractivity contribution in [3.8, 4) is 17.2 Å². The summed E-state index contributed by atoms with van der Waals surface area (Å²) in [4.78, 5) is 47.5. The number of aromatic nitrogens is 3. The maximum atomic E-state index is 14.4. The molecule has 13 nitrogen and oxygen atoms in total. The Morgan fingerprint density at radius 3 is 2.59 bits per heavy atom. The van der Waals surface area contributed by atoms with Crippen LogP contribution in [0.3, 0.4) is 0 Å². The lowest BCUT2D eigenvalue weighted by Crippen LogP contribution is -2.48. The normalized spacial score (nSPS) is 18.3. The van der Waals surface area contributed by atoms with E-state index >= 15 is 0 Å². The van der Waals surface area contributed by atoms with Gasteiger partial charge in [-0.15, -0.1) is 0 Å². The predicted molar refractivity (Wildman–Crippen MR) is 202 cm³/mol. The zero-order valence-electron chi connectivity index (χ0n) is 32.4. The molecule has 3 aliphatic heterocycles. The molecule has 2 amide bonds. The van der Waals surface area contributed by atoms with E-state index in [0.29, 0.717) is 50.9 Å². The SMILES string of the molecule is CCN(C(=O)c1cc(F)ccc1Oc1cncnc1N1CCC(Oc2ccnc3c2CN(CC[C@H]2CN(C(=O)OC(C)(C)C)CCO2)CC3)CC1)C(C)C. The highest BCUT2D eigenvalue weighted by Gasteiger charge is 2.31. The monoisotopic (exact) mass is 747 g/mol. The summed E-state index contributed by atoms with van der Waals surface area (Å²) in [5.74, 6) is 1.31. The molecule has 292 valence electrons. The van der Waals surface area contributed by atoms with Crippen LogP contribution in [0.25, 0.3) is 0 Å².